The van der Waals surface area contributed by atoms with Crippen molar-refractivity contribution in [1.82, 2.24) is 14.8 Å². The summed E-state index contributed by atoms with van der Waals surface area (Å²) in [5.74, 6) is -0.102. The van der Waals surface area contributed by atoms with Crippen molar-refractivity contribution in [2.24, 2.45) is 0 Å². The first-order valence-corrected chi connectivity index (χ1v) is 7.65. The zero-order chi connectivity index (χ0) is 16.9. The monoisotopic (exact) mass is 342 g/mol. The molecule has 0 saturated heterocycles. The van der Waals surface area contributed by atoms with Crippen molar-refractivity contribution in [2.45, 2.75) is 6.92 Å². The van der Waals surface area contributed by atoms with Gasteiger partial charge in [0.25, 0.3) is 11.8 Å². The average molecular weight is 343 g/mol. The molecule has 3 rings (SSSR count). The van der Waals surface area contributed by atoms with E-state index >= 15 is 0 Å². The number of ether oxygens (including phenoxy) is 1. The van der Waals surface area contributed by atoms with Crippen LogP contribution in [0.4, 0.5) is 5.69 Å². The number of pyridine rings is 1. The molecule has 0 aliphatic rings. The number of hydrogen-bond donors (Lipinski definition) is 1. The summed E-state index contributed by atoms with van der Waals surface area (Å²) in [7, 11) is 0. The highest BCUT2D eigenvalue weighted by molar-refractivity contribution is 6.31. The molecule has 24 heavy (non-hydrogen) atoms. The van der Waals surface area contributed by atoms with Gasteiger partial charge in [-0.1, -0.05) is 29.8 Å². The number of aromatic nitrogens is 3. The molecule has 2 heterocycles. The Kier molecular flexibility index (Phi) is 4.77. The van der Waals surface area contributed by atoms with Gasteiger partial charge in [0.2, 0.25) is 0 Å². The van der Waals surface area contributed by atoms with Crippen LogP contribution in [-0.2, 0) is 4.79 Å². The fourth-order valence-electron chi connectivity index (χ4n) is 2.06. The minimum Gasteiger partial charge on any atom is -0.465 e. The average Bonchev–Trinajstić information content (AvgIpc) is 2.97. The predicted molar refractivity (Wildman–Crippen MR) is 91.7 cm³/mol. The molecule has 2 aromatic heterocycles. The minimum absolute atomic E-state index is 0.195. The second-order valence-electron chi connectivity index (χ2n) is 5.09. The van der Waals surface area contributed by atoms with Gasteiger partial charge in [0.15, 0.2) is 6.61 Å². The number of halogens is 1. The van der Waals surface area contributed by atoms with Crippen molar-refractivity contribution in [3.05, 3.63) is 65.6 Å². The van der Waals surface area contributed by atoms with Gasteiger partial charge in [0, 0.05) is 6.20 Å². The Balaban J connectivity index is 1.64. The normalized spacial score (nSPS) is 10.4. The number of carbonyl (C=O) groups is 1. The number of rotatable bonds is 5. The number of benzene rings is 1. The molecular formula is C17H15ClN4O2. The van der Waals surface area contributed by atoms with E-state index in [0.29, 0.717) is 10.7 Å². The van der Waals surface area contributed by atoms with E-state index in [-0.39, 0.29) is 18.4 Å². The Morgan fingerprint density at radius 2 is 2.08 bits per heavy atom. The van der Waals surface area contributed by atoms with Gasteiger partial charge in [0.1, 0.15) is 5.02 Å². The first-order chi connectivity index (χ1) is 11.6. The Hall–Kier alpha value is -2.86. The smallest absolute Gasteiger partial charge is 0.262 e. The lowest BCUT2D eigenvalue weighted by Crippen LogP contribution is -2.21. The summed E-state index contributed by atoms with van der Waals surface area (Å²) in [6, 6.07) is 11.3. The molecule has 0 bridgehead atoms. The highest BCUT2D eigenvalue weighted by Gasteiger charge is 2.12. The summed E-state index contributed by atoms with van der Waals surface area (Å²) in [4.78, 5) is 16.0. The maximum atomic E-state index is 12.0. The van der Waals surface area contributed by atoms with Crippen LogP contribution in [0.5, 0.6) is 5.88 Å². The molecule has 0 aliphatic heterocycles. The number of amides is 1. The molecule has 6 nitrogen and oxygen atoms in total. The number of anilines is 1. The van der Waals surface area contributed by atoms with E-state index in [1.54, 1.807) is 23.3 Å². The molecule has 0 fully saturated rings. The standard InChI is InChI=1S/C17H15ClN4O2/c1-12-7-8-19-9-15(12)20-16(23)11-24-17-14(18)10-22(21-17)13-5-3-2-4-6-13/h2-10H,11H2,1H3,(H,20,23). The van der Waals surface area contributed by atoms with Crippen LogP contribution in [0.3, 0.4) is 0 Å². The first-order valence-electron chi connectivity index (χ1n) is 7.27. The topological polar surface area (TPSA) is 69.0 Å². The van der Waals surface area contributed by atoms with E-state index in [9.17, 15) is 4.79 Å². The Morgan fingerprint density at radius 1 is 1.29 bits per heavy atom. The maximum absolute atomic E-state index is 12.0. The van der Waals surface area contributed by atoms with Crippen molar-refractivity contribution >= 4 is 23.2 Å². The molecule has 0 aliphatic carbocycles. The van der Waals surface area contributed by atoms with Crippen LogP contribution in [0.2, 0.25) is 5.02 Å². The molecule has 1 aromatic carbocycles. The van der Waals surface area contributed by atoms with E-state index in [1.165, 1.54) is 0 Å². The van der Waals surface area contributed by atoms with Gasteiger partial charge in [-0.2, -0.15) is 0 Å². The lowest BCUT2D eigenvalue weighted by atomic mass is 10.2. The van der Waals surface area contributed by atoms with E-state index in [4.69, 9.17) is 16.3 Å². The van der Waals surface area contributed by atoms with Crippen LogP contribution in [0.1, 0.15) is 5.56 Å². The second kappa shape index (κ2) is 7.14. The fourth-order valence-corrected chi connectivity index (χ4v) is 2.25. The van der Waals surface area contributed by atoms with Crippen molar-refractivity contribution in [3.8, 4) is 11.6 Å². The minimum atomic E-state index is -0.309. The highest BCUT2D eigenvalue weighted by Crippen LogP contribution is 2.24. The summed E-state index contributed by atoms with van der Waals surface area (Å²) >= 11 is 6.11. The molecule has 0 unspecified atom stereocenters. The summed E-state index contributed by atoms with van der Waals surface area (Å²) in [5.41, 5.74) is 2.42. The lowest BCUT2D eigenvalue weighted by Gasteiger charge is -2.07. The molecule has 7 heteroatoms. The van der Waals surface area contributed by atoms with Crippen molar-refractivity contribution in [2.75, 3.05) is 11.9 Å². The molecule has 3 aromatic rings. The number of aryl methyl sites for hydroxylation is 1. The number of nitrogens with zero attached hydrogens (tertiary/aromatic N) is 3. The molecule has 1 N–H and O–H groups in total. The molecule has 122 valence electrons. The predicted octanol–water partition coefficient (Wildman–Crippen LogP) is 3.25. The third kappa shape index (κ3) is 3.72. The van der Waals surface area contributed by atoms with E-state index in [2.05, 4.69) is 15.4 Å². The molecule has 0 radical (unpaired) electrons. The molecular weight excluding hydrogens is 328 g/mol. The van der Waals surface area contributed by atoms with Crippen LogP contribution in [0.15, 0.2) is 55.0 Å². The summed E-state index contributed by atoms with van der Waals surface area (Å²) in [6.45, 7) is 1.69. The number of para-hydroxylation sites is 1. The Labute approximate surface area is 144 Å². The van der Waals surface area contributed by atoms with Crippen LogP contribution in [0, 0.1) is 6.92 Å². The SMILES string of the molecule is Cc1ccncc1NC(=O)COc1nn(-c2ccccc2)cc1Cl. The number of nitrogens with one attached hydrogen (secondary N) is 1. The quantitative estimate of drug-likeness (QED) is 0.772. The van der Waals surface area contributed by atoms with Crippen LogP contribution in [0.25, 0.3) is 5.69 Å². The van der Waals surface area contributed by atoms with E-state index < -0.39 is 0 Å². The van der Waals surface area contributed by atoms with Crippen molar-refractivity contribution in [1.29, 1.82) is 0 Å². The third-order valence-corrected chi connectivity index (χ3v) is 3.57. The molecule has 0 atom stereocenters. The van der Waals surface area contributed by atoms with Crippen LogP contribution >= 0.6 is 11.6 Å². The highest BCUT2D eigenvalue weighted by atomic mass is 35.5. The summed E-state index contributed by atoms with van der Waals surface area (Å²) in [6.07, 6.45) is 4.89. The fraction of sp³-hybridized carbons (Fsp3) is 0.118. The van der Waals surface area contributed by atoms with Crippen LogP contribution < -0.4 is 10.1 Å². The van der Waals surface area contributed by atoms with Gasteiger partial charge in [-0.25, -0.2) is 4.68 Å². The Bertz CT molecular complexity index is 849. The van der Waals surface area contributed by atoms with Gasteiger partial charge < -0.3 is 10.1 Å². The zero-order valence-electron chi connectivity index (χ0n) is 12.9. The summed E-state index contributed by atoms with van der Waals surface area (Å²) in [5, 5.41) is 7.32. The first kappa shape index (κ1) is 16.0. The largest absolute Gasteiger partial charge is 0.465 e. The lowest BCUT2D eigenvalue weighted by molar-refractivity contribution is -0.118. The van der Waals surface area contributed by atoms with E-state index in [1.807, 2.05) is 43.3 Å². The molecule has 1 amide bonds. The number of carbonyl (C=O) groups excluding carboxylic acids is 1. The van der Waals surface area contributed by atoms with Gasteiger partial charge in [0.05, 0.1) is 23.8 Å². The van der Waals surface area contributed by atoms with Crippen LogP contribution in [-0.4, -0.2) is 27.3 Å². The summed E-state index contributed by atoms with van der Waals surface area (Å²) < 4.78 is 7.01. The van der Waals surface area contributed by atoms with Gasteiger partial charge in [-0.05, 0) is 30.7 Å². The van der Waals surface area contributed by atoms with Crippen molar-refractivity contribution < 1.29 is 9.53 Å². The number of hydrogen-bond acceptors (Lipinski definition) is 4. The van der Waals surface area contributed by atoms with E-state index in [0.717, 1.165) is 11.3 Å². The third-order valence-electron chi connectivity index (χ3n) is 3.31. The maximum Gasteiger partial charge on any atom is 0.262 e. The van der Waals surface area contributed by atoms with Crippen molar-refractivity contribution in [3.63, 3.8) is 0 Å². The Morgan fingerprint density at radius 3 is 2.83 bits per heavy atom. The van der Waals surface area contributed by atoms with Gasteiger partial charge in [-0.3, -0.25) is 9.78 Å². The molecule has 0 spiro atoms. The van der Waals surface area contributed by atoms with Gasteiger partial charge in [-0.15, -0.1) is 5.10 Å². The van der Waals surface area contributed by atoms with Gasteiger partial charge >= 0.3 is 0 Å². The second-order valence-corrected chi connectivity index (χ2v) is 5.50. The zero-order valence-corrected chi connectivity index (χ0v) is 13.7. The molecule has 0 saturated carbocycles.